The van der Waals surface area contributed by atoms with Crippen LogP contribution < -0.4 is 0 Å². The van der Waals surface area contributed by atoms with Crippen LogP contribution in [0.2, 0.25) is 0 Å². The lowest BCUT2D eigenvalue weighted by atomic mass is 10.0. The summed E-state index contributed by atoms with van der Waals surface area (Å²) in [6, 6.07) is 107. The number of fused-ring (bicyclic) bond motifs is 10. The first-order chi connectivity index (χ1) is 56.5. The number of benzene rings is 10. The van der Waals surface area contributed by atoms with Gasteiger partial charge in [-0.3, -0.25) is 23.7 Å². The lowest BCUT2D eigenvalue weighted by Crippen LogP contribution is -2.03. The van der Waals surface area contributed by atoms with Gasteiger partial charge in [0.15, 0.2) is 23.3 Å². The molecule has 0 spiro atoms. The Kier molecular flexibility index (Phi) is 17.4. The number of pyridine rings is 3. The second-order valence-corrected chi connectivity index (χ2v) is 27.1. The molecule has 0 saturated carbocycles. The predicted molar refractivity (Wildman–Crippen MR) is 451 cm³/mol. The molecule has 18 heteroatoms. The van der Waals surface area contributed by atoms with E-state index in [-0.39, 0.29) is 0 Å². The van der Waals surface area contributed by atoms with Gasteiger partial charge in [0, 0.05) is 117 Å². The number of rotatable bonds is 12. The zero-order chi connectivity index (χ0) is 75.7. The Bertz CT molecular complexity index is 6890. The largest absolute Gasteiger partial charge is 0.306 e. The van der Waals surface area contributed by atoms with Crippen molar-refractivity contribution in [1.82, 2.24) is 87.9 Å². The monoisotopic (exact) mass is 1470 g/mol. The van der Waals surface area contributed by atoms with Crippen LogP contribution in [-0.4, -0.2) is 87.9 Å². The highest BCUT2D eigenvalue weighted by Crippen LogP contribution is 2.39. The molecule has 0 N–H and O–H groups in total. The zero-order valence-electron chi connectivity index (χ0n) is 60.8. The van der Waals surface area contributed by atoms with Crippen molar-refractivity contribution in [3.63, 3.8) is 0 Å². The van der Waals surface area contributed by atoms with Crippen LogP contribution in [0, 0.1) is 0 Å². The summed E-state index contributed by atoms with van der Waals surface area (Å²) in [7, 11) is 0. The van der Waals surface area contributed by atoms with Gasteiger partial charge in [-0.1, -0.05) is 224 Å². The molecule has 536 valence electrons. The van der Waals surface area contributed by atoms with E-state index in [0.717, 1.165) is 116 Å². The summed E-state index contributed by atoms with van der Waals surface area (Å²) in [4.78, 5) is 66.3. The second-order valence-electron chi connectivity index (χ2n) is 27.1. The Labute approximate surface area is 652 Å². The Morgan fingerprint density at radius 2 is 0.553 bits per heavy atom. The maximum Gasteiger partial charge on any atom is 0.234 e. The first kappa shape index (κ1) is 67.3. The molecule has 0 aliphatic rings. The van der Waals surface area contributed by atoms with Gasteiger partial charge in [0.25, 0.3) is 0 Å². The Morgan fingerprint density at radius 3 is 1.00 bits per heavy atom. The minimum atomic E-state index is 0.489. The molecule has 0 bridgehead atoms. The molecule has 10 aromatic carbocycles. The third kappa shape index (κ3) is 12.9. The summed E-state index contributed by atoms with van der Waals surface area (Å²) in [6.45, 7) is 0. The first-order valence-corrected chi connectivity index (χ1v) is 37.2. The molecule has 22 aromatic rings. The van der Waals surface area contributed by atoms with E-state index in [1.807, 2.05) is 211 Å². The normalized spacial score (nSPS) is 11.3. The van der Waals surface area contributed by atoms with Gasteiger partial charge < -0.3 is 4.40 Å². The van der Waals surface area contributed by atoms with Crippen LogP contribution in [0.5, 0.6) is 0 Å². The highest BCUT2D eigenvalue weighted by Gasteiger charge is 2.22. The number of hydrogen-bond donors (Lipinski definition) is 0. The molecule has 12 heterocycles. The van der Waals surface area contributed by atoms with Crippen molar-refractivity contribution >= 4 is 71.1 Å². The third-order valence-corrected chi connectivity index (χ3v) is 20.1. The van der Waals surface area contributed by atoms with Gasteiger partial charge in [-0.05, 0) is 113 Å². The van der Waals surface area contributed by atoms with Crippen molar-refractivity contribution < 1.29 is 0 Å². The topological polar surface area (TPSA) is 200 Å². The standard InChI is InChI=1S/C43H28N6.C30H19N7.C23H15N5/c1-4-12-29(13-5-1)32-19-21-40-35(24-32)36-25-33(30-14-6-2-7-15-30)20-22-41(36)49(40)43-45-27-34(28-46-43)38-26-39(37-18-10-11-23-44-37)48-42(47-38)31-16-8-3-9-17-31;1-2-10-20(11-3-1)27-34-28(36-29(35-27)24-14-8-9-17-31-24)21-18-32-30(33-19-21)37-25-15-6-4-12-22(25)23-13-5-7-16-26(23)37;1-3-9-20-17(7-1)18-8-2-4-10-21(18)28(20)23-24-13-16(14-25-23)19-15-27-12-6-5-11-22(27)26-19/h1-28H;1-19H;1-15H. The SMILES string of the molecule is c1ccc(-c2ccc3c(c2)c2cc(-c4ccccc4)ccc2n3-c2ncc(-c3cc(-c4ccccn4)nc(-c4ccccc4)n3)cn2)cc1.c1ccc(-c2nc(-c3cnc(-n4c5ccccc5c5ccccc54)nc3)nc(-c3ccccn3)n2)cc1.c1ccc2c(c1)c1ccccc1n2-c1ncc(-c2cn3ccccc3n2)cn1. The van der Waals surface area contributed by atoms with Crippen molar-refractivity contribution in [1.29, 1.82) is 0 Å². The molecule has 12 aromatic heterocycles. The maximum atomic E-state index is 4.94. The lowest BCUT2D eigenvalue weighted by molar-refractivity contribution is 0.981. The quantitative estimate of drug-likeness (QED) is 0.112. The van der Waals surface area contributed by atoms with Crippen LogP contribution in [0.15, 0.2) is 377 Å². The van der Waals surface area contributed by atoms with Crippen molar-refractivity contribution in [3.05, 3.63) is 377 Å². The fourth-order valence-electron chi connectivity index (χ4n) is 14.7. The van der Waals surface area contributed by atoms with E-state index in [1.165, 1.54) is 21.9 Å². The predicted octanol–water partition coefficient (Wildman–Crippen LogP) is 21.1. The molecule has 0 aliphatic carbocycles. The fraction of sp³-hybridized carbons (Fsp3) is 0. The van der Waals surface area contributed by atoms with Crippen molar-refractivity contribution in [2.45, 2.75) is 0 Å². The molecule has 18 nitrogen and oxygen atoms in total. The molecule has 0 aliphatic heterocycles. The third-order valence-electron chi connectivity index (χ3n) is 20.1. The highest BCUT2D eigenvalue weighted by atomic mass is 15.2. The molecule has 0 amide bonds. The number of nitrogens with zero attached hydrogens (tertiary/aromatic N) is 18. The average molecular weight is 1470 g/mol. The van der Waals surface area contributed by atoms with Gasteiger partial charge in [0.2, 0.25) is 17.8 Å². The Hall–Kier alpha value is -16.1. The van der Waals surface area contributed by atoms with Crippen LogP contribution in [0.4, 0.5) is 0 Å². The van der Waals surface area contributed by atoms with Gasteiger partial charge >= 0.3 is 0 Å². The van der Waals surface area contributed by atoms with E-state index in [0.29, 0.717) is 52.4 Å². The summed E-state index contributed by atoms with van der Waals surface area (Å²) in [6.07, 6.45) is 18.4. The van der Waals surface area contributed by atoms with Crippen LogP contribution in [0.25, 0.3) is 191 Å². The van der Waals surface area contributed by atoms with Crippen LogP contribution >= 0.6 is 0 Å². The number of aromatic nitrogens is 18. The van der Waals surface area contributed by atoms with Gasteiger partial charge in [0.05, 0.1) is 61.4 Å². The van der Waals surface area contributed by atoms with Gasteiger partial charge in [0.1, 0.15) is 11.3 Å². The molecular formula is C96H62N18. The van der Waals surface area contributed by atoms with Crippen LogP contribution in [0.3, 0.4) is 0 Å². The Morgan fingerprint density at radius 1 is 0.193 bits per heavy atom. The summed E-state index contributed by atoms with van der Waals surface area (Å²) in [5, 5.41) is 7.01. The van der Waals surface area contributed by atoms with E-state index < -0.39 is 0 Å². The van der Waals surface area contributed by atoms with E-state index in [2.05, 4.69) is 184 Å². The van der Waals surface area contributed by atoms with Crippen LogP contribution in [-0.2, 0) is 0 Å². The Balaban J connectivity index is 0.000000115. The first-order valence-electron chi connectivity index (χ1n) is 37.2. The molecule has 0 saturated heterocycles. The van der Waals surface area contributed by atoms with Crippen molar-refractivity contribution in [3.8, 4) is 120 Å². The fourth-order valence-corrected chi connectivity index (χ4v) is 14.7. The molecule has 0 fully saturated rings. The number of imidazole rings is 1. The lowest BCUT2D eigenvalue weighted by Gasteiger charge is -2.10. The molecule has 0 radical (unpaired) electrons. The van der Waals surface area contributed by atoms with E-state index in [4.69, 9.17) is 44.9 Å². The summed E-state index contributed by atoms with van der Waals surface area (Å²) < 4.78 is 8.33. The van der Waals surface area contributed by atoms with Crippen molar-refractivity contribution in [2.24, 2.45) is 0 Å². The van der Waals surface area contributed by atoms with E-state index in [9.17, 15) is 0 Å². The minimum absolute atomic E-state index is 0.489. The highest BCUT2D eigenvalue weighted by molar-refractivity contribution is 6.12. The van der Waals surface area contributed by atoms with Crippen LogP contribution in [0.1, 0.15) is 0 Å². The van der Waals surface area contributed by atoms with E-state index >= 15 is 0 Å². The summed E-state index contributed by atoms with van der Waals surface area (Å²) in [5.41, 5.74) is 19.9. The molecule has 0 atom stereocenters. The molecule has 0 unspecified atom stereocenters. The molecule has 22 rings (SSSR count). The van der Waals surface area contributed by atoms with E-state index in [1.54, 1.807) is 24.8 Å². The van der Waals surface area contributed by atoms with Gasteiger partial charge in [-0.2, -0.15) is 0 Å². The van der Waals surface area contributed by atoms with Crippen molar-refractivity contribution in [2.75, 3.05) is 0 Å². The number of para-hydroxylation sites is 4. The summed E-state index contributed by atoms with van der Waals surface area (Å²) in [5.74, 6) is 4.00. The zero-order valence-corrected chi connectivity index (χ0v) is 60.8. The van der Waals surface area contributed by atoms with Gasteiger partial charge in [-0.15, -0.1) is 0 Å². The number of hydrogen-bond acceptors (Lipinski definition) is 14. The minimum Gasteiger partial charge on any atom is -0.306 e. The van der Waals surface area contributed by atoms with Gasteiger partial charge in [-0.25, -0.2) is 59.8 Å². The summed E-state index contributed by atoms with van der Waals surface area (Å²) >= 11 is 0. The smallest absolute Gasteiger partial charge is 0.234 e. The average Bonchev–Trinajstić information content (AvgIpc) is 1.60. The second kappa shape index (κ2) is 29.5. The maximum absolute atomic E-state index is 4.94. The molecule has 114 heavy (non-hydrogen) atoms. The molecular weight excluding hydrogens is 1410 g/mol.